The molecule has 0 amide bonds. The first-order valence-corrected chi connectivity index (χ1v) is 16.4. The van der Waals surface area contributed by atoms with Crippen LogP contribution in [0.4, 0.5) is 0 Å². The Morgan fingerprint density at radius 3 is 1.17 bits per heavy atom. The molecule has 4 rings (SSSR count). The van der Waals surface area contributed by atoms with Gasteiger partial charge in [0, 0.05) is 16.7 Å². The molecular formula is C40H46O14. The first-order valence-electron chi connectivity index (χ1n) is 16.4. The van der Waals surface area contributed by atoms with Gasteiger partial charge in [-0.3, -0.25) is 9.59 Å². The number of benzene rings is 4. The van der Waals surface area contributed by atoms with Gasteiger partial charge >= 0.3 is 0 Å². The Morgan fingerprint density at radius 1 is 0.370 bits per heavy atom. The molecule has 0 radical (unpaired) electrons. The van der Waals surface area contributed by atoms with Crippen LogP contribution in [-0.2, 0) is 12.8 Å². The zero-order chi connectivity index (χ0) is 39.7. The average Bonchev–Trinajstić information content (AvgIpc) is 3.22. The normalized spacial score (nSPS) is 10.5. The monoisotopic (exact) mass is 750 g/mol. The zero-order valence-electron chi connectivity index (χ0n) is 32.6. The minimum atomic E-state index is -0.912. The van der Waals surface area contributed by atoms with Crippen LogP contribution in [-0.4, -0.2) is 96.9 Å². The zero-order valence-corrected chi connectivity index (χ0v) is 32.6. The van der Waals surface area contributed by atoms with Crippen LogP contribution in [0.5, 0.6) is 69.0 Å². The topological polar surface area (TPSA) is 145 Å². The fraction of sp³-hybridized carbons (Fsp3) is 0.350. The maximum Gasteiger partial charge on any atom is 0.237 e. The van der Waals surface area contributed by atoms with E-state index in [9.17, 15) is 9.59 Å². The van der Waals surface area contributed by atoms with E-state index in [0.29, 0.717) is 47.0 Å². The van der Waals surface area contributed by atoms with Crippen molar-refractivity contribution in [1.29, 1.82) is 0 Å². The SMILES string of the molecule is COc1cc(CCc2cc(-c3cc(C(=O)C(=O)c4cc(OC)c(OC)c(OC)c4)c(OC)c(OC)c3OC)c(OC)c(OC)c2OC)cc(OC)c1OC. The van der Waals surface area contributed by atoms with Crippen LogP contribution in [0.15, 0.2) is 36.4 Å². The molecule has 0 saturated carbocycles. The van der Waals surface area contributed by atoms with Crippen molar-refractivity contribution in [3.8, 4) is 80.1 Å². The molecule has 0 N–H and O–H groups in total. The molecule has 0 atom stereocenters. The largest absolute Gasteiger partial charge is 0.493 e. The standard InChI is InChI=1S/C40H46O14/c1-43-27-15-21(16-28(44-2)37(27)51-9)13-14-22-17-24(34(48-6)39(53-11)33(22)47-5)25-20-26(36(50-8)40(54-12)35(25)49-7)32(42)31(41)23-18-29(45-3)38(52-10)30(19-23)46-4/h15-20H,13-14H2,1-12H3. The van der Waals surface area contributed by atoms with Crippen LogP contribution in [0.1, 0.15) is 31.8 Å². The highest BCUT2D eigenvalue weighted by Crippen LogP contribution is 2.53. The smallest absolute Gasteiger partial charge is 0.237 e. The summed E-state index contributed by atoms with van der Waals surface area (Å²) in [6, 6.07) is 9.87. The predicted octanol–water partition coefficient (Wildman–Crippen LogP) is 6.31. The third-order valence-corrected chi connectivity index (χ3v) is 8.76. The minimum absolute atomic E-state index is 0.00864. The van der Waals surface area contributed by atoms with Crippen molar-refractivity contribution in [2.45, 2.75) is 12.8 Å². The van der Waals surface area contributed by atoms with Gasteiger partial charge in [0.25, 0.3) is 0 Å². The van der Waals surface area contributed by atoms with E-state index in [1.165, 1.54) is 82.2 Å². The second kappa shape index (κ2) is 18.0. The molecule has 0 unspecified atom stereocenters. The molecule has 0 aliphatic carbocycles. The maximum absolute atomic E-state index is 14.2. The third-order valence-electron chi connectivity index (χ3n) is 8.76. The number of Topliss-reactive ketones (excluding diaryl/α,β-unsaturated/α-hetero) is 2. The summed E-state index contributed by atoms with van der Waals surface area (Å²) in [6.45, 7) is 0. The van der Waals surface area contributed by atoms with Gasteiger partial charge in [-0.1, -0.05) is 0 Å². The molecule has 0 saturated heterocycles. The average molecular weight is 751 g/mol. The maximum atomic E-state index is 14.2. The molecule has 0 aromatic heterocycles. The van der Waals surface area contributed by atoms with Crippen LogP contribution in [0.25, 0.3) is 11.1 Å². The Kier molecular flexibility index (Phi) is 13.6. The van der Waals surface area contributed by atoms with Crippen LogP contribution >= 0.6 is 0 Å². The molecule has 54 heavy (non-hydrogen) atoms. The summed E-state index contributed by atoms with van der Waals surface area (Å²) < 4.78 is 67.9. The van der Waals surface area contributed by atoms with Gasteiger partial charge in [0.15, 0.2) is 46.0 Å². The number of carbonyl (C=O) groups is 2. The number of hydrogen-bond donors (Lipinski definition) is 0. The Morgan fingerprint density at radius 2 is 0.759 bits per heavy atom. The van der Waals surface area contributed by atoms with Crippen molar-refractivity contribution in [1.82, 2.24) is 0 Å². The number of ether oxygens (including phenoxy) is 12. The summed E-state index contributed by atoms with van der Waals surface area (Å²) in [6.07, 6.45) is 0.953. The van der Waals surface area contributed by atoms with Crippen molar-refractivity contribution >= 4 is 11.6 Å². The molecule has 0 bridgehead atoms. The molecule has 0 aliphatic rings. The van der Waals surface area contributed by atoms with Crippen LogP contribution in [0.2, 0.25) is 0 Å². The van der Waals surface area contributed by atoms with Crippen LogP contribution < -0.4 is 56.8 Å². The van der Waals surface area contributed by atoms with Gasteiger partial charge in [-0.15, -0.1) is 0 Å². The molecule has 4 aromatic rings. The number of methoxy groups -OCH3 is 12. The molecule has 0 fully saturated rings. The molecular weight excluding hydrogens is 704 g/mol. The van der Waals surface area contributed by atoms with Gasteiger partial charge in [0.1, 0.15) is 0 Å². The van der Waals surface area contributed by atoms with E-state index in [1.54, 1.807) is 21.3 Å². The number of carbonyl (C=O) groups excluding carboxylic acids is 2. The van der Waals surface area contributed by atoms with E-state index in [-0.39, 0.29) is 57.1 Å². The number of rotatable bonds is 19. The first kappa shape index (κ1) is 40.6. The Balaban J connectivity index is 1.96. The lowest BCUT2D eigenvalue weighted by molar-refractivity contribution is 0.0814. The molecule has 4 aromatic carbocycles. The van der Waals surface area contributed by atoms with Crippen molar-refractivity contribution in [3.05, 3.63) is 58.7 Å². The first-order chi connectivity index (χ1) is 26.1. The molecule has 290 valence electrons. The fourth-order valence-electron chi connectivity index (χ4n) is 6.28. The second-order valence-electron chi connectivity index (χ2n) is 11.4. The highest BCUT2D eigenvalue weighted by molar-refractivity contribution is 6.50. The Bertz CT molecular complexity index is 1950. The van der Waals surface area contributed by atoms with E-state index in [2.05, 4.69) is 0 Å². The van der Waals surface area contributed by atoms with Gasteiger partial charge < -0.3 is 56.8 Å². The van der Waals surface area contributed by atoms with Crippen LogP contribution in [0, 0.1) is 0 Å². The van der Waals surface area contributed by atoms with E-state index < -0.39 is 11.6 Å². The lowest BCUT2D eigenvalue weighted by atomic mass is 9.92. The van der Waals surface area contributed by atoms with Gasteiger partial charge in [0.05, 0.1) is 90.9 Å². The molecule has 0 heterocycles. The lowest BCUT2D eigenvalue weighted by Gasteiger charge is -2.23. The summed E-state index contributed by atoms with van der Waals surface area (Å²) in [7, 11) is 17.6. The molecule has 14 nitrogen and oxygen atoms in total. The van der Waals surface area contributed by atoms with Crippen LogP contribution in [0.3, 0.4) is 0 Å². The van der Waals surface area contributed by atoms with E-state index >= 15 is 0 Å². The van der Waals surface area contributed by atoms with E-state index in [1.807, 2.05) is 18.2 Å². The summed E-state index contributed by atoms with van der Waals surface area (Å²) in [5.74, 6) is 1.60. The summed E-state index contributed by atoms with van der Waals surface area (Å²) >= 11 is 0. The third kappa shape index (κ3) is 7.49. The molecule has 14 heteroatoms. The molecule has 0 aliphatic heterocycles. The summed E-state index contributed by atoms with van der Waals surface area (Å²) in [5.41, 5.74) is 2.28. The summed E-state index contributed by atoms with van der Waals surface area (Å²) in [5, 5.41) is 0. The Labute approximate surface area is 314 Å². The predicted molar refractivity (Wildman–Crippen MR) is 199 cm³/mol. The minimum Gasteiger partial charge on any atom is -0.493 e. The quantitative estimate of drug-likeness (QED) is 0.0780. The van der Waals surface area contributed by atoms with Gasteiger partial charge in [-0.05, 0) is 60.4 Å². The van der Waals surface area contributed by atoms with E-state index in [0.717, 1.165) is 11.1 Å². The molecule has 0 spiro atoms. The number of aryl methyl sites for hydroxylation is 2. The van der Waals surface area contributed by atoms with E-state index in [4.69, 9.17) is 56.8 Å². The van der Waals surface area contributed by atoms with Crippen molar-refractivity contribution in [3.63, 3.8) is 0 Å². The Hall–Kier alpha value is -6.18. The highest BCUT2D eigenvalue weighted by Gasteiger charge is 2.33. The fourth-order valence-corrected chi connectivity index (χ4v) is 6.28. The second-order valence-corrected chi connectivity index (χ2v) is 11.4. The number of hydrogen-bond acceptors (Lipinski definition) is 14. The summed E-state index contributed by atoms with van der Waals surface area (Å²) in [4.78, 5) is 28.2. The lowest BCUT2D eigenvalue weighted by Crippen LogP contribution is -2.17. The number of ketones is 2. The highest BCUT2D eigenvalue weighted by atomic mass is 16.6. The van der Waals surface area contributed by atoms with Crippen molar-refractivity contribution in [2.75, 3.05) is 85.3 Å². The van der Waals surface area contributed by atoms with Gasteiger partial charge in [-0.2, -0.15) is 0 Å². The van der Waals surface area contributed by atoms with Gasteiger partial charge in [-0.25, -0.2) is 0 Å². The van der Waals surface area contributed by atoms with Crippen molar-refractivity contribution < 1.29 is 66.4 Å². The van der Waals surface area contributed by atoms with Crippen molar-refractivity contribution in [2.24, 2.45) is 0 Å². The van der Waals surface area contributed by atoms with Gasteiger partial charge in [0.2, 0.25) is 34.6 Å².